The number of unbranched alkanes of at least 4 members (excludes halogenated alkanes) is 44. The lowest BCUT2D eigenvalue weighted by Crippen LogP contribution is -2.30. The normalized spacial score (nSPS) is 14.3. The molecule has 19 heteroatoms. The van der Waals surface area contributed by atoms with E-state index >= 15 is 0 Å². The highest BCUT2D eigenvalue weighted by Gasteiger charge is 2.30. The van der Waals surface area contributed by atoms with E-state index in [4.69, 9.17) is 37.0 Å². The fourth-order valence-electron chi connectivity index (χ4n) is 12.6. The number of carbonyl (C=O) groups excluding carboxylic acids is 4. The summed E-state index contributed by atoms with van der Waals surface area (Å²) in [4.78, 5) is 73.0. The highest BCUT2D eigenvalue weighted by molar-refractivity contribution is 7.47. The number of ether oxygens (including phenoxy) is 4. The third kappa shape index (κ3) is 74.7. The second-order valence-electron chi connectivity index (χ2n) is 31.2. The second kappa shape index (κ2) is 71.0. The predicted molar refractivity (Wildman–Crippen MR) is 414 cm³/mol. The van der Waals surface area contributed by atoms with Gasteiger partial charge in [-0.2, -0.15) is 0 Å². The molecule has 0 aromatic rings. The van der Waals surface area contributed by atoms with Gasteiger partial charge < -0.3 is 33.8 Å². The summed E-state index contributed by atoms with van der Waals surface area (Å²) in [6.07, 6.45) is 58.4. The summed E-state index contributed by atoms with van der Waals surface area (Å²) >= 11 is 0. The molecule has 0 saturated carbocycles. The number of carbonyl (C=O) groups is 4. The average Bonchev–Trinajstić information content (AvgIpc) is 0.924. The Hall–Kier alpha value is -1.94. The number of phosphoric acid groups is 2. The molecule has 4 unspecified atom stereocenters. The molecule has 0 aliphatic rings. The first-order chi connectivity index (χ1) is 48.6. The molecule has 0 aliphatic carbocycles. The van der Waals surface area contributed by atoms with Gasteiger partial charge in [-0.1, -0.05) is 370 Å². The average molecular weight is 1480 g/mol. The lowest BCUT2D eigenvalue weighted by Gasteiger charge is -2.21. The minimum atomic E-state index is -4.96. The molecule has 0 rings (SSSR count). The van der Waals surface area contributed by atoms with E-state index in [9.17, 15) is 43.2 Å². The van der Waals surface area contributed by atoms with Crippen LogP contribution in [0, 0.1) is 23.7 Å². The van der Waals surface area contributed by atoms with Crippen LogP contribution in [0.15, 0.2) is 0 Å². The zero-order valence-electron chi connectivity index (χ0n) is 66.5. The van der Waals surface area contributed by atoms with Gasteiger partial charge in [-0.25, -0.2) is 9.13 Å². The first-order valence-electron chi connectivity index (χ1n) is 42.2. The molecule has 0 radical (unpaired) electrons. The van der Waals surface area contributed by atoms with Crippen molar-refractivity contribution < 1.29 is 80.2 Å². The van der Waals surface area contributed by atoms with Crippen LogP contribution >= 0.6 is 15.6 Å². The molecule has 3 N–H and O–H groups in total. The first kappa shape index (κ1) is 99.1. The van der Waals surface area contributed by atoms with Crippen molar-refractivity contribution in [1.29, 1.82) is 0 Å². The maximum Gasteiger partial charge on any atom is 0.472 e. The number of esters is 4. The van der Waals surface area contributed by atoms with Crippen LogP contribution in [0.2, 0.25) is 0 Å². The largest absolute Gasteiger partial charge is 0.472 e. The Morgan fingerprint density at radius 1 is 0.277 bits per heavy atom. The third-order valence-electron chi connectivity index (χ3n) is 19.4. The van der Waals surface area contributed by atoms with Crippen LogP contribution in [-0.4, -0.2) is 96.7 Å². The van der Waals surface area contributed by atoms with Crippen molar-refractivity contribution in [2.75, 3.05) is 39.6 Å². The van der Waals surface area contributed by atoms with Crippen molar-refractivity contribution >= 4 is 39.5 Å². The van der Waals surface area contributed by atoms with Crippen LogP contribution in [0.4, 0.5) is 0 Å². The van der Waals surface area contributed by atoms with Crippen LogP contribution in [-0.2, 0) is 65.4 Å². The lowest BCUT2D eigenvalue weighted by molar-refractivity contribution is -0.161. The number of hydrogen-bond acceptors (Lipinski definition) is 15. The predicted octanol–water partition coefficient (Wildman–Crippen LogP) is 24.4. The van der Waals surface area contributed by atoms with E-state index in [0.717, 1.165) is 114 Å². The Kier molecular flexibility index (Phi) is 69.6. The second-order valence-corrected chi connectivity index (χ2v) is 34.1. The summed E-state index contributed by atoms with van der Waals surface area (Å²) in [7, 11) is -9.92. The fourth-order valence-corrected chi connectivity index (χ4v) is 14.2. The molecular formula is C82H160O17P2. The molecule has 0 aliphatic heterocycles. The van der Waals surface area contributed by atoms with Gasteiger partial charge >= 0.3 is 39.5 Å². The molecular weight excluding hydrogens is 1320 g/mol. The number of phosphoric ester groups is 2. The minimum Gasteiger partial charge on any atom is -0.462 e. The van der Waals surface area contributed by atoms with E-state index in [2.05, 4.69) is 55.4 Å². The van der Waals surface area contributed by atoms with Crippen LogP contribution in [0.3, 0.4) is 0 Å². The molecule has 0 heterocycles. The molecule has 6 atom stereocenters. The number of aliphatic hydroxyl groups is 1. The van der Waals surface area contributed by atoms with Gasteiger partial charge in [0.15, 0.2) is 12.2 Å². The maximum atomic E-state index is 13.1. The fraction of sp³-hybridized carbons (Fsp3) is 0.951. The van der Waals surface area contributed by atoms with Crippen molar-refractivity contribution in [3.05, 3.63) is 0 Å². The van der Waals surface area contributed by atoms with E-state index in [1.54, 1.807) is 0 Å². The monoisotopic (exact) mass is 1480 g/mol. The summed E-state index contributed by atoms with van der Waals surface area (Å²) in [6, 6.07) is 0. The zero-order chi connectivity index (χ0) is 74.6. The Balaban J connectivity index is 5.21. The standard InChI is InChI=1S/C82H160O17P2/c1-9-75(8)61-53-45-36-30-24-17-14-15-18-25-31-37-46-54-62-79(84)92-68-77(98-81(86)65-57-49-39-33-27-21-20-23-29-35-43-51-59-73(4)5)70-96-100(88,89)94-66-76(83)67-95-101(90,91)97-71-78(69-93-80(85)63-55-47-41-40-44-52-60-74(6)7)99-82(87)64-56-48-38-32-26-19-13-11-10-12-16-22-28-34-42-50-58-72(2)3/h72-78,83H,9-71H2,1-8H3,(H,88,89)(H,90,91)/t75?,76?,77-,78-/m1/s1. The molecule has 101 heavy (non-hydrogen) atoms. The summed E-state index contributed by atoms with van der Waals surface area (Å²) < 4.78 is 68.7. The molecule has 0 aromatic carbocycles. The quantitative estimate of drug-likeness (QED) is 0.0222. The zero-order valence-corrected chi connectivity index (χ0v) is 68.3. The molecule has 0 aromatic heterocycles. The van der Waals surface area contributed by atoms with Gasteiger partial charge in [-0.05, 0) is 49.4 Å². The smallest absolute Gasteiger partial charge is 0.462 e. The Labute approximate surface area is 619 Å². The topological polar surface area (TPSA) is 237 Å². The molecule has 600 valence electrons. The summed E-state index contributed by atoms with van der Waals surface area (Å²) in [5.41, 5.74) is 0. The van der Waals surface area contributed by atoms with Gasteiger partial charge in [0, 0.05) is 25.7 Å². The Bertz CT molecular complexity index is 1970. The van der Waals surface area contributed by atoms with Gasteiger partial charge in [-0.3, -0.25) is 37.3 Å². The van der Waals surface area contributed by atoms with Gasteiger partial charge in [0.2, 0.25) is 0 Å². The maximum absolute atomic E-state index is 13.1. The molecule has 0 bridgehead atoms. The van der Waals surface area contributed by atoms with Gasteiger partial charge in [0.05, 0.1) is 26.4 Å². The van der Waals surface area contributed by atoms with Gasteiger partial charge in [0.1, 0.15) is 19.3 Å². The summed E-state index contributed by atoms with van der Waals surface area (Å²) in [6.45, 7) is 14.3. The van der Waals surface area contributed by atoms with Crippen molar-refractivity contribution in [2.24, 2.45) is 23.7 Å². The summed E-state index contributed by atoms with van der Waals surface area (Å²) in [5.74, 6) is 1.00. The van der Waals surface area contributed by atoms with Crippen LogP contribution < -0.4 is 0 Å². The molecule has 0 fully saturated rings. The van der Waals surface area contributed by atoms with Crippen molar-refractivity contribution in [3.63, 3.8) is 0 Å². The number of rotatable bonds is 79. The van der Waals surface area contributed by atoms with Gasteiger partial charge in [-0.15, -0.1) is 0 Å². The minimum absolute atomic E-state index is 0.107. The third-order valence-corrected chi connectivity index (χ3v) is 21.3. The van der Waals surface area contributed by atoms with Crippen LogP contribution in [0.1, 0.15) is 421 Å². The van der Waals surface area contributed by atoms with E-state index in [1.165, 1.54) is 218 Å². The van der Waals surface area contributed by atoms with E-state index < -0.39 is 97.5 Å². The first-order valence-corrected chi connectivity index (χ1v) is 45.2. The highest BCUT2D eigenvalue weighted by Crippen LogP contribution is 2.45. The van der Waals surface area contributed by atoms with Crippen molar-refractivity contribution in [3.8, 4) is 0 Å². The van der Waals surface area contributed by atoms with Crippen molar-refractivity contribution in [2.45, 2.75) is 440 Å². The molecule has 17 nitrogen and oxygen atoms in total. The molecule has 0 saturated heterocycles. The molecule has 0 amide bonds. The van der Waals surface area contributed by atoms with Crippen LogP contribution in [0.25, 0.3) is 0 Å². The van der Waals surface area contributed by atoms with Crippen molar-refractivity contribution in [1.82, 2.24) is 0 Å². The van der Waals surface area contributed by atoms with E-state index in [-0.39, 0.29) is 25.7 Å². The lowest BCUT2D eigenvalue weighted by atomic mass is 9.99. The summed E-state index contributed by atoms with van der Waals surface area (Å²) in [5, 5.41) is 10.6. The SMILES string of the molecule is CCC(C)CCCCCCCCCCCCCCCCC(=O)OC[C@H](COP(=O)(O)OCC(O)COP(=O)(O)OC[C@@H](COC(=O)CCCCCCCCC(C)C)OC(=O)CCCCCCCCCCCCCCCCCCC(C)C)OC(=O)CCCCCCCCCCCCCCC(C)C. The van der Waals surface area contributed by atoms with Gasteiger partial charge in [0.25, 0.3) is 0 Å². The Morgan fingerprint density at radius 3 is 0.703 bits per heavy atom. The van der Waals surface area contributed by atoms with E-state index in [0.29, 0.717) is 31.6 Å². The number of hydrogen-bond donors (Lipinski definition) is 3. The van der Waals surface area contributed by atoms with E-state index in [1.807, 2.05) is 0 Å². The van der Waals surface area contributed by atoms with Crippen LogP contribution in [0.5, 0.6) is 0 Å². The number of aliphatic hydroxyl groups excluding tert-OH is 1. The molecule has 0 spiro atoms. The Morgan fingerprint density at radius 2 is 0.475 bits per heavy atom. The highest BCUT2D eigenvalue weighted by atomic mass is 31.2.